The zero-order valence-corrected chi connectivity index (χ0v) is 23.1. The van der Waals surface area contributed by atoms with Crippen LogP contribution >= 0.6 is 11.6 Å². The summed E-state index contributed by atoms with van der Waals surface area (Å²) in [5.74, 6) is 1.91. The van der Waals surface area contributed by atoms with Gasteiger partial charge in [0.05, 0.1) is 5.02 Å². The van der Waals surface area contributed by atoms with Crippen LogP contribution in [0.4, 0.5) is 0 Å². The third kappa shape index (κ3) is 4.04. The minimum atomic E-state index is 0.605. The van der Waals surface area contributed by atoms with Gasteiger partial charge in [-0.25, -0.2) is 15.0 Å². The van der Waals surface area contributed by atoms with Crippen molar-refractivity contribution in [2.45, 2.75) is 0 Å². The molecular formula is C37H22ClN3O. The molecule has 0 aliphatic rings. The van der Waals surface area contributed by atoms with E-state index in [0.29, 0.717) is 28.1 Å². The molecule has 0 aliphatic heterocycles. The number of hydrogen-bond donors (Lipinski definition) is 0. The van der Waals surface area contributed by atoms with Crippen LogP contribution in [0, 0.1) is 0 Å². The van der Waals surface area contributed by atoms with Crippen LogP contribution in [0.15, 0.2) is 138 Å². The number of fused-ring (bicyclic) bond motifs is 4. The van der Waals surface area contributed by atoms with Crippen molar-refractivity contribution in [3.8, 4) is 45.3 Å². The fourth-order valence-electron chi connectivity index (χ4n) is 5.70. The molecule has 0 unspecified atom stereocenters. The normalized spacial score (nSPS) is 11.5. The lowest BCUT2D eigenvalue weighted by atomic mass is 9.92. The Balaban J connectivity index is 1.38. The summed E-state index contributed by atoms with van der Waals surface area (Å²) in [7, 11) is 0. The molecule has 2 aromatic heterocycles. The molecule has 6 aromatic carbocycles. The number of halogens is 1. The van der Waals surface area contributed by atoms with Gasteiger partial charge in [-0.2, -0.15) is 0 Å². The quantitative estimate of drug-likeness (QED) is 0.215. The fraction of sp³-hybridized carbons (Fsp3) is 0. The highest BCUT2D eigenvalue weighted by Crippen LogP contribution is 2.42. The van der Waals surface area contributed by atoms with Crippen LogP contribution in [0.3, 0.4) is 0 Å². The molecule has 5 heteroatoms. The van der Waals surface area contributed by atoms with E-state index < -0.39 is 0 Å². The highest BCUT2D eigenvalue weighted by atomic mass is 35.5. The number of nitrogens with zero attached hydrogens (tertiary/aromatic N) is 3. The van der Waals surface area contributed by atoms with Gasteiger partial charge in [-0.15, -0.1) is 0 Å². The first kappa shape index (κ1) is 24.5. The molecule has 0 aliphatic carbocycles. The first-order chi connectivity index (χ1) is 20.7. The molecular weight excluding hydrogens is 538 g/mol. The van der Waals surface area contributed by atoms with Crippen LogP contribution in [-0.4, -0.2) is 15.0 Å². The van der Waals surface area contributed by atoms with Crippen molar-refractivity contribution in [3.05, 3.63) is 138 Å². The number of aromatic nitrogens is 3. The maximum atomic E-state index is 6.51. The van der Waals surface area contributed by atoms with Crippen molar-refractivity contribution in [1.29, 1.82) is 0 Å². The Morgan fingerprint density at radius 1 is 0.429 bits per heavy atom. The van der Waals surface area contributed by atoms with E-state index in [1.807, 2.05) is 84.9 Å². The summed E-state index contributed by atoms with van der Waals surface area (Å²) in [4.78, 5) is 14.9. The van der Waals surface area contributed by atoms with Gasteiger partial charge in [-0.1, -0.05) is 127 Å². The molecule has 8 rings (SSSR count). The second kappa shape index (κ2) is 9.95. The van der Waals surface area contributed by atoms with Crippen LogP contribution in [0.2, 0.25) is 5.02 Å². The predicted molar refractivity (Wildman–Crippen MR) is 171 cm³/mol. The first-order valence-electron chi connectivity index (χ1n) is 13.7. The Bertz CT molecular complexity index is 2200. The average Bonchev–Trinajstić information content (AvgIpc) is 3.45. The first-order valence-corrected chi connectivity index (χ1v) is 14.1. The second-order valence-electron chi connectivity index (χ2n) is 10.1. The van der Waals surface area contributed by atoms with E-state index in [4.69, 9.17) is 31.0 Å². The zero-order valence-electron chi connectivity index (χ0n) is 22.3. The Morgan fingerprint density at radius 2 is 0.976 bits per heavy atom. The van der Waals surface area contributed by atoms with Crippen LogP contribution in [0.1, 0.15) is 0 Å². The molecule has 0 fully saturated rings. The number of rotatable bonds is 4. The molecule has 0 atom stereocenters. The van der Waals surface area contributed by atoms with Gasteiger partial charge in [0.15, 0.2) is 23.1 Å². The number of benzene rings is 6. The number of para-hydroxylation sites is 1. The van der Waals surface area contributed by atoms with E-state index in [0.717, 1.165) is 54.9 Å². The molecule has 0 N–H and O–H groups in total. The molecule has 0 spiro atoms. The van der Waals surface area contributed by atoms with E-state index in [-0.39, 0.29) is 0 Å². The van der Waals surface area contributed by atoms with Gasteiger partial charge in [-0.3, -0.25) is 0 Å². The maximum Gasteiger partial charge on any atom is 0.164 e. The van der Waals surface area contributed by atoms with E-state index in [1.165, 1.54) is 0 Å². The van der Waals surface area contributed by atoms with Gasteiger partial charge in [0, 0.05) is 27.5 Å². The highest BCUT2D eigenvalue weighted by Gasteiger charge is 2.19. The topological polar surface area (TPSA) is 51.8 Å². The van der Waals surface area contributed by atoms with Crippen molar-refractivity contribution in [2.24, 2.45) is 0 Å². The highest BCUT2D eigenvalue weighted by molar-refractivity contribution is 6.36. The molecule has 198 valence electrons. The Morgan fingerprint density at radius 3 is 1.67 bits per heavy atom. The van der Waals surface area contributed by atoms with Crippen LogP contribution in [0.25, 0.3) is 78.0 Å². The van der Waals surface area contributed by atoms with Crippen molar-refractivity contribution < 1.29 is 4.42 Å². The van der Waals surface area contributed by atoms with Gasteiger partial charge < -0.3 is 4.42 Å². The fourth-order valence-corrected chi connectivity index (χ4v) is 5.91. The smallest absolute Gasteiger partial charge is 0.164 e. The molecule has 0 bridgehead atoms. The average molecular weight is 560 g/mol. The lowest BCUT2D eigenvalue weighted by Crippen LogP contribution is -2.00. The summed E-state index contributed by atoms with van der Waals surface area (Å²) in [6.45, 7) is 0. The second-order valence-corrected chi connectivity index (χ2v) is 10.5. The monoisotopic (exact) mass is 559 g/mol. The maximum absolute atomic E-state index is 6.51. The molecule has 8 aromatic rings. The molecule has 0 radical (unpaired) electrons. The lowest BCUT2D eigenvalue weighted by molar-refractivity contribution is 0.669. The molecule has 4 nitrogen and oxygen atoms in total. The molecule has 42 heavy (non-hydrogen) atoms. The lowest BCUT2D eigenvalue weighted by Gasteiger charge is -2.13. The summed E-state index contributed by atoms with van der Waals surface area (Å²) in [6.07, 6.45) is 0. The van der Waals surface area contributed by atoms with E-state index in [1.54, 1.807) is 0 Å². The van der Waals surface area contributed by atoms with Crippen molar-refractivity contribution in [1.82, 2.24) is 15.0 Å². The molecule has 2 heterocycles. The summed E-state index contributed by atoms with van der Waals surface area (Å²) in [6, 6.07) is 44.8. The predicted octanol–water partition coefficient (Wildman–Crippen LogP) is 10.2. The Labute approximate surface area is 246 Å². The van der Waals surface area contributed by atoms with Gasteiger partial charge >= 0.3 is 0 Å². The van der Waals surface area contributed by atoms with Crippen molar-refractivity contribution in [3.63, 3.8) is 0 Å². The zero-order chi connectivity index (χ0) is 28.0. The van der Waals surface area contributed by atoms with E-state index in [9.17, 15) is 0 Å². The van der Waals surface area contributed by atoms with E-state index in [2.05, 4.69) is 48.5 Å². The summed E-state index contributed by atoms with van der Waals surface area (Å²) < 4.78 is 6.20. The minimum absolute atomic E-state index is 0.605. The Hall–Kier alpha value is -5.32. The van der Waals surface area contributed by atoms with Crippen molar-refractivity contribution >= 4 is 44.3 Å². The molecule has 0 saturated heterocycles. The standard InChI is InChI=1S/C37H22ClN3O/c38-31-19-9-18-30-33-28(17-10-20-32(33)42-34(30)31)27-21-22-29(26-16-8-7-15-25(26)27)37-40-35(23-11-3-1-4-12-23)39-36(41-37)24-13-5-2-6-14-24/h1-22H. The van der Waals surface area contributed by atoms with E-state index >= 15 is 0 Å². The van der Waals surface area contributed by atoms with Crippen LogP contribution in [0.5, 0.6) is 0 Å². The SMILES string of the molecule is Clc1cccc2c1oc1cccc(-c3ccc(-c4nc(-c5ccccc5)nc(-c5ccccc5)n4)c4ccccc34)c12. The van der Waals surface area contributed by atoms with Gasteiger partial charge in [0.25, 0.3) is 0 Å². The van der Waals surface area contributed by atoms with Crippen molar-refractivity contribution in [2.75, 3.05) is 0 Å². The Kier molecular flexibility index (Phi) is 5.80. The third-order valence-corrected chi connectivity index (χ3v) is 7.93. The summed E-state index contributed by atoms with van der Waals surface area (Å²) in [5, 5.41) is 4.81. The largest absolute Gasteiger partial charge is 0.454 e. The minimum Gasteiger partial charge on any atom is -0.454 e. The van der Waals surface area contributed by atoms with Crippen LogP contribution in [-0.2, 0) is 0 Å². The van der Waals surface area contributed by atoms with Gasteiger partial charge in [0.1, 0.15) is 5.58 Å². The summed E-state index contributed by atoms with van der Waals surface area (Å²) in [5.41, 5.74) is 6.52. The van der Waals surface area contributed by atoms with Gasteiger partial charge in [0.2, 0.25) is 0 Å². The molecule has 0 amide bonds. The third-order valence-electron chi connectivity index (χ3n) is 7.63. The number of hydrogen-bond acceptors (Lipinski definition) is 4. The number of furan rings is 1. The molecule has 0 saturated carbocycles. The summed E-state index contributed by atoms with van der Waals surface area (Å²) >= 11 is 6.51. The van der Waals surface area contributed by atoms with Gasteiger partial charge in [-0.05, 0) is 40.1 Å². The van der Waals surface area contributed by atoms with Crippen LogP contribution < -0.4 is 0 Å².